The van der Waals surface area contributed by atoms with Gasteiger partial charge in [0.2, 0.25) is 0 Å². The van der Waals surface area contributed by atoms with Crippen molar-refractivity contribution in [3.05, 3.63) is 29.8 Å². The summed E-state index contributed by atoms with van der Waals surface area (Å²) < 4.78 is 6.13. The van der Waals surface area contributed by atoms with Gasteiger partial charge in [-0.1, -0.05) is 49.2 Å². The van der Waals surface area contributed by atoms with E-state index in [0.717, 1.165) is 24.0 Å². The van der Waals surface area contributed by atoms with Gasteiger partial charge in [-0.2, -0.15) is 0 Å². The zero-order chi connectivity index (χ0) is 15.7. The van der Waals surface area contributed by atoms with Gasteiger partial charge in [-0.3, -0.25) is 4.99 Å². The Morgan fingerprint density at radius 3 is 2.96 bits per heavy atom. The largest absolute Gasteiger partial charge is 0.488 e. The number of hydrogen-bond donors (Lipinski definition) is 1. The standard InChI is InChI=1S/C18H24N2O2S/c21-18(13-23-17-19-10-11-20(17)18)12-22-16-9-5-4-8-15(16)14-6-2-1-3-7-14/h4-5,8-9,14,21H,1-3,6-7,10-13H2. The van der Waals surface area contributed by atoms with Crippen molar-refractivity contribution >= 4 is 16.9 Å². The van der Waals surface area contributed by atoms with Crippen LogP contribution in [0.15, 0.2) is 29.3 Å². The van der Waals surface area contributed by atoms with E-state index in [0.29, 0.717) is 18.3 Å². The van der Waals surface area contributed by atoms with E-state index in [2.05, 4.69) is 17.1 Å². The summed E-state index contributed by atoms with van der Waals surface area (Å²) in [6.45, 7) is 1.89. The van der Waals surface area contributed by atoms with Crippen molar-refractivity contribution in [2.24, 2.45) is 4.99 Å². The third-order valence-corrected chi connectivity index (χ3v) is 6.37. The van der Waals surface area contributed by atoms with Crippen molar-refractivity contribution in [2.75, 3.05) is 25.4 Å². The Balaban J connectivity index is 1.48. The van der Waals surface area contributed by atoms with Gasteiger partial charge < -0.3 is 14.7 Å². The highest BCUT2D eigenvalue weighted by atomic mass is 32.2. The second-order valence-corrected chi connectivity index (χ2v) is 7.69. The molecule has 2 fully saturated rings. The Kier molecular flexibility index (Phi) is 4.24. The number of para-hydroxylation sites is 1. The normalized spacial score (nSPS) is 27.9. The van der Waals surface area contributed by atoms with Gasteiger partial charge in [0, 0.05) is 6.54 Å². The minimum atomic E-state index is -0.917. The SMILES string of the molecule is OC1(COc2ccccc2C2CCCCC2)CSC2=NCCN21. The number of hydrogen-bond acceptors (Lipinski definition) is 5. The third kappa shape index (κ3) is 2.96. The lowest BCUT2D eigenvalue weighted by atomic mass is 9.84. The number of rotatable bonds is 4. The molecule has 2 aliphatic heterocycles. The first-order valence-corrected chi connectivity index (χ1v) is 9.64. The molecule has 1 saturated heterocycles. The number of aliphatic hydroxyl groups is 1. The number of fused-ring (bicyclic) bond motifs is 1. The number of amidine groups is 1. The maximum Gasteiger partial charge on any atom is 0.184 e. The Hall–Kier alpha value is -1.20. The highest BCUT2D eigenvalue weighted by Gasteiger charge is 2.45. The van der Waals surface area contributed by atoms with E-state index < -0.39 is 5.72 Å². The molecule has 0 spiro atoms. The van der Waals surface area contributed by atoms with Crippen molar-refractivity contribution in [1.29, 1.82) is 0 Å². The van der Waals surface area contributed by atoms with Crippen LogP contribution in [-0.4, -0.2) is 46.3 Å². The van der Waals surface area contributed by atoms with Crippen molar-refractivity contribution in [2.45, 2.75) is 43.7 Å². The lowest BCUT2D eigenvalue weighted by Crippen LogP contribution is -2.51. The van der Waals surface area contributed by atoms with E-state index in [9.17, 15) is 5.11 Å². The topological polar surface area (TPSA) is 45.1 Å². The quantitative estimate of drug-likeness (QED) is 0.919. The summed E-state index contributed by atoms with van der Waals surface area (Å²) in [4.78, 5) is 6.43. The van der Waals surface area contributed by atoms with Crippen LogP contribution in [-0.2, 0) is 0 Å². The fourth-order valence-corrected chi connectivity index (χ4v) is 5.07. The van der Waals surface area contributed by atoms with E-state index in [1.165, 1.54) is 37.7 Å². The van der Waals surface area contributed by atoms with Crippen LogP contribution in [0.5, 0.6) is 5.75 Å². The van der Waals surface area contributed by atoms with Crippen LogP contribution in [0.2, 0.25) is 0 Å². The predicted octanol–water partition coefficient (Wildman–Crippen LogP) is 3.22. The van der Waals surface area contributed by atoms with Crippen molar-refractivity contribution in [3.63, 3.8) is 0 Å². The molecule has 1 atom stereocenters. The number of ether oxygens (including phenoxy) is 1. The van der Waals surface area contributed by atoms with Crippen molar-refractivity contribution in [3.8, 4) is 5.75 Å². The average Bonchev–Trinajstić information content (AvgIpc) is 3.19. The first kappa shape index (κ1) is 15.3. The fourth-order valence-electron chi connectivity index (χ4n) is 3.87. The van der Waals surface area contributed by atoms with Crippen LogP contribution in [0.4, 0.5) is 0 Å². The van der Waals surface area contributed by atoms with Crippen molar-refractivity contribution < 1.29 is 9.84 Å². The second kappa shape index (κ2) is 6.36. The number of thioether (sulfide) groups is 1. The molecule has 3 aliphatic rings. The van der Waals surface area contributed by atoms with Gasteiger partial charge in [0.15, 0.2) is 10.9 Å². The van der Waals surface area contributed by atoms with Gasteiger partial charge >= 0.3 is 0 Å². The second-order valence-electron chi connectivity index (χ2n) is 6.75. The first-order chi connectivity index (χ1) is 11.3. The Bertz CT molecular complexity index is 600. The van der Waals surface area contributed by atoms with Gasteiger partial charge in [-0.15, -0.1) is 0 Å². The third-order valence-electron chi connectivity index (χ3n) is 5.16. The summed E-state index contributed by atoms with van der Waals surface area (Å²) in [5.41, 5.74) is 0.399. The predicted molar refractivity (Wildman–Crippen MR) is 94.2 cm³/mol. The molecule has 1 aliphatic carbocycles. The van der Waals surface area contributed by atoms with Crippen LogP contribution < -0.4 is 4.74 Å². The van der Waals surface area contributed by atoms with Crippen LogP contribution in [0, 0.1) is 0 Å². The molecule has 5 heteroatoms. The lowest BCUT2D eigenvalue weighted by Gasteiger charge is -2.32. The molecule has 4 nitrogen and oxygen atoms in total. The maximum absolute atomic E-state index is 10.9. The minimum Gasteiger partial charge on any atom is -0.488 e. The molecule has 0 bridgehead atoms. The molecule has 124 valence electrons. The summed E-state index contributed by atoms with van der Waals surface area (Å²) in [6, 6.07) is 8.37. The van der Waals surface area contributed by atoms with Gasteiger partial charge in [0.25, 0.3) is 0 Å². The van der Waals surface area contributed by atoms with E-state index in [4.69, 9.17) is 4.74 Å². The van der Waals surface area contributed by atoms with Crippen LogP contribution in [0.3, 0.4) is 0 Å². The van der Waals surface area contributed by atoms with Gasteiger partial charge in [-0.05, 0) is 30.4 Å². The smallest absolute Gasteiger partial charge is 0.184 e. The summed E-state index contributed by atoms with van der Waals surface area (Å²) >= 11 is 1.63. The molecule has 1 unspecified atom stereocenters. The van der Waals surface area contributed by atoms with Gasteiger partial charge in [0.1, 0.15) is 12.4 Å². The summed E-state index contributed by atoms with van der Waals surface area (Å²) in [7, 11) is 0. The molecular weight excluding hydrogens is 308 g/mol. The van der Waals surface area contributed by atoms with E-state index in [1.54, 1.807) is 11.8 Å². The van der Waals surface area contributed by atoms with Crippen LogP contribution in [0.25, 0.3) is 0 Å². The highest BCUT2D eigenvalue weighted by Crippen LogP contribution is 2.39. The van der Waals surface area contributed by atoms with Crippen LogP contribution >= 0.6 is 11.8 Å². The molecule has 4 rings (SSSR count). The average molecular weight is 332 g/mol. The van der Waals surface area contributed by atoms with Crippen LogP contribution in [0.1, 0.15) is 43.6 Å². The molecule has 0 radical (unpaired) electrons. The van der Waals surface area contributed by atoms with E-state index >= 15 is 0 Å². The fraction of sp³-hybridized carbons (Fsp3) is 0.611. The Labute approximate surface area is 141 Å². The summed E-state index contributed by atoms with van der Waals surface area (Å²) in [5.74, 6) is 2.19. The Morgan fingerprint density at radius 2 is 2.09 bits per heavy atom. The molecule has 0 aromatic heterocycles. The zero-order valence-corrected chi connectivity index (χ0v) is 14.2. The minimum absolute atomic E-state index is 0.308. The molecule has 2 heterocycles. The first-order valence-electron chi connectivity index (χ1n) is 8.65. The molecule has 0 amide bonds. The molecule has 1 aromatic rings. The highest BCUT2D eigenvalue weighted by molar-refractivity contribution is 8.14. The monoisotopic (exact) mass is 332 g/mol. The molecule has 23 heavy (non-hydrogen) atoms. The van der Waals surface area contributed by atoms with E-state index in [1.807, 2.05) is 17.0 Å². The number of aliphatic imine (C=N–C) groups is 1. The molecule has 1 saturated carbocycles. The maximum atomic E-state index is 10.9. The Morgan fingerprint density at radius 1 is 1.26 bits per heavy atom. The molecule has 1 N–H and O–H groups in total. The number of nitrogens with zero attached hydrogens (tertiary/aromatic N) is 2. The van der Waals surface area contributed by atoms with Gasteiger partial charge in [0.05, 0.1) is 12.3 Å². The lowest BCUT2D eigenvalue weighted by molar-refractivity contribution is -0.0696. The summed E-state index contributed by atoms with van der Waals surface area (Å²) in [6.07, 6.45) is 6.49. The zero-order valence-electron chi connectivity index (χ0n) is 13.4. The van der Waals surface area contributed by atoms with E-state index in [-0.39, 0.29) is 0 Å². The number of benzene rings is 1. The molecular formula is C18H24N2O2S. The van der Waals surface area contributed by atoms with Gasteiger partial charge in [-0.25, -0.2) is 0 Å². The van der Waals surface area contributed by atoms with Crippen molar-refractivity contribution in [1.82, 2.24) is 4.90 Å². The molecule has 1 aromatic carbocycles. The summed E-state index contributed by atoms with van der Waals surface area (Å²) in [5, 5.41) is 11.9.